The molecule has 0 aromatic carbocycles. The number of fused-ring (bicyclic) bond motifs is 1. The van der Waals surface area contributed by atoms with Gasteiger partial charge in [-0.3, -0.25) is 9.61 Å². The summed E-state index contributed by atoms with van der Waals surface area (Å²) in [7, 11) is 0. The lowest BCUT2D eigenvalue weighted by molar-refractivity contribution is -0.419. The van der Waals surface area contributed by atoms with Crippen molar-refractivity contribution in [1.82, 2.24) is 36.9 Å². The summed E-state index contributed by atoms with van der Waals surface area (Å²) in [5.74, 6) is -1.63. The smallest absolute Gasteiger partial charge is 0.138 e. The Kier molecular flexibility index (Phi) is 12.4. The lowest BCUT2D eigenvalue weighted by Crippen LogP contribution is -2.04. The van der Waals surface area contributed by atoms with Crippen LogP contribution in [0.15, 0.2) is 0 Å². The summed E-state index contributed by atoms with van der Waals surface area (Å²) in [6.45, 7) is 0. The van der Waals surface area contributed by atoms with E-state index in [1.165, 1.54) is 0 Å². The van der Waals surface area contributed by atoms with E-state index >= 15 is 0 Å². The highest BCUT2D eigenvalue weighted by atomic mass is 16.7. The molecule has 23 heavy (non-hydrogen) atoms. The molecule has 19 nitrogen and oxygen atoms in total. The van der Waals surface area contributed by atoms with Gasteiger partial charge in [0.25, 0.3) is 0 Å². The van der Waals surface area contributed by atoms with Gasteiger partial charge in [0.1, 0.15) is 27.9 Å². The van der Waals surface area contributed by atoms with Crippen molar-refractivity contribution in [2.45, 2.75) is 0 Å². The molecule has 0 amide bonds. The third kappa shape index (κ3) is 6.19. The minimum Gasteiger partial charge on any atom is -0.412 e. The van der Waals surface area contributed by atoms with Crippen molar-refractivity contribution in [2.24, 2.45) is 0 Å². The molecule has 0 unspecified atom stereocenters. The average Bonchev–Trinajstić information content (AvgIpc) is 2.58. The van der Waals surface area contributed by atoms with Crippen LogP contribution in [0.3, 0.4) is 0 Å². The zero-order valence-corrected chi connectivity index (χ0v) is 11.7. The topological polar surface area (TPSA) is 364 Å². The van der Waals surface area contributed by atoms with Gasteiger partial charge in [-0.25, -0.2) is 20.2 Å². The van der Waals surface area contributed by atoms with E-state index in [1.54, 1.807) is 0 Å². The highest BCUT2D eigenvalue weighted by Crippen LogP contribution is 2.18. The van der Waals surface area contributed by atoms with Gasteiger partial charge < -0.3 is 49.4 Å². The van der Waals surface area contributed by atoms with Gasteiger partial charge in [-0.05, 0) is 0 Å². The summed E-state index contributed by atoms with van der Waals surface area (Å²) in [6.07, 6.45) is 0. The van der Waals surface area contributed by atoms with Crippen LogP contribution < -0.4 is 18.0 Å². The van der Waals surface area contributed by atoms with Crippen LogP contribution in [0.1, 0.15) is 0 Å². The molecule has 0 aliphatic rings. The predicted molar refractivity (Wildman–Crippen MR) is 75.8 cm³/mol. The molecule has 0 atom stereocenters. The quantitative estimate of drug-likeness (QED) is 0.398. The molecule has 0 radical (unpaired) electrons. The molecule has 0 aliphatic heterocycles. The van der Waals surface area contributed by atoms with Gasteiger partial charge >= 0.3 is 0 Å². The van der Waals surface area contributed by atoms with E-state index in [-0.39, 0.29) is 40.5 Å². The molecule has 0 saturated heterocycles. The van der Waals surface area contributed by atoms with Crippen molar-refractivity contribution in [1.29, 1.82) is 0 Å². The second kappa shape index (κ2) is 10.2. The van der Waals surface area contributed by atoms with E-state index in [2.05, 4.69) is 30.9 Å². The first-order valence-corrected chi connectivity index (χ1v) is 4.08. The zero-order valence-electron chi connectivity index (χ0n) is 11.7. The van der Waals surface area contributed by atoms with Crippen molar-refractivity contribution >= 4 is 23.6 Å². The van der Waals surface area contributed by atoms with Gasteiger partial charge in [-0.2, -0.15) is 0 Å². The van der Waals surface area contributed by atoms with Crippen LogP contribution in [-0.2, 0) is 0 Å². The Labute approximate surface area is 125 Å². The first-order valence-electron chi connectivity index (χ1n) is 4.08. The average molecular weight is 344 g/mol. The van der Waals surface area contributed by atoms with E-state index in [4.69, 9.17) is 5.73 Å². The van der Waals surface area contributed by atoms with Crippen molar-refractivity contribution in [3.8, 4) is 0 Å². The molecule has 2 aromatic heterocycles. The molecular weight excluding hydrogens is 328 g/mol. The van der Waals surface area contributed by atoms with Crippen molar-refractivity contribution in [2.75, 3.05) is 5.73 Å². The molecule has 0 spiro atoms. The summed E-state index contributed by atoms with van der Waals surface area (Å²) >= 11 is 0. The van der Waals surface area contributed by atoms with Crippen LogP contribution in [0.5, 0.6) is 0 Å². The molecule has 0 saturated carbocycles. The summed E-state index contributed by atoms with van der Waals surface area (Å²) < 4.78 is 0.835. The van der Waals surface area contributed by atoms with Crippen LogP contribution in [-0.4, -0.2) is 51.1 Å². The van der Waals surface area contributed by atoms with Crippen molar-refractivity contribution < 1.29 is 26.5 Å². The number of nitrogens with zero attached hydrogens (tertiary/aromatic N) is 9. The Morgan fingerprint density at radius 1 is 0.913 bits per heavy atom. The number of rotatable bonds is 4. The molecule has 2 aromatic rings. The molecule has 16 N–H and O–H groups in total. The predicted octanol–water partition coefficient (Wildman–Crippen LogP) is -2.23. The Morgan fingerprint density at radius 3 is 1.83 bits per heavy atom. The number of nitrogen functional groups attached to an aromatic ring is 1. The van der Waals surface area contributed by atoms with Gasteiger partial charge in [-0.15, -0.1) is 0 Å². The Bertz CT molecular complexity index is 642. The summed E-state index contributed by atoms with van der Waals surface area (Å²) in [6, 6.07) is 0. The fraction of sp³-hybridized carbons (Fsp3) is 0. The molecule has 2 heterocycles. The third-order valence-corrected chi connectivity index (χ3v) is 1.55. The Balaban J connectivity index is -0.000000361. The summed E-state index contributed by atoms with van der Waals surface area (Å²) in [5, 5.41) is 21.7. The highest BCUT2D eigenvalue weighted by Gasteiger charge is 2.02. The van der Waals surface area contributed by atoms with Crippen molar-refractivity contribution in [3.63, 3.8) is 0 Å². The largest absolute Gasteiger partial charge is 0.412 e. The van der Waals surface area contributed by atoms with Gasteiger partial charge in [-0.1, -0.05) is 10.9 Å². The monoisotopic (exact) mass is 344 g/mol. The molecule has 19 heteroatoms. The van der Waals surface area contributed by atoms with E-state index in [0.29, 0.717) is 0 Å². The van der Waals surface area contributed by atoms with E-state index in [0.717, 1.165) is 4.52 Å². The second-order valence-electron chi connectivity index (χ2n) is 2.68. The number of anilines is 1. The summed E-state index contributed by atoms with van der Waals surface area (Å²) in [5.41, 5.74) is 11.0. The first-order chi connectivity index (χ1) is 8.45. The number of hydrogen-bond acceptors (Lipinski definition) is 9. The van der Waals surface area contributed by atoms with Crippen LogP contribution in [0.4, 0.5) is 17.8 Å². The van der Waals surface area contributed by atoms with Crippen molar-refractivity contribution in [3.05, 3.63) is 31.1 Å². The maximum atomic E-state index is 10.1. The van der Waals surface area contributed by atoms with Gasteiger partial charge in [0, 0.05) is 0 Å². The number of nitrogens with two attached hydrogens (primary N) is 1. The molecular formula is C4H16N12O7. The van der Waals surface area contributed by atoms with Crippen LogP contribution >= 0.6 is 0 Å². The van der Waals surface area contributed by atoms with Crippen LogP contribution in [0.25, 0.3) is 16.6 Å². The molecule has 0 fully saturated rings. The minimum atomic E-state index is -1.02. The molecule has 134 valence electrons. The lowest BCUT2D eigenvalue weighted by Gasteiger charge is -2.09. The maximum Gasteiger partial charge on any atom is 0.138 e. The minimum absolute atomic E-state index is 0. The second-order valence-corrected chi connectivity index (χ2v) is 2.68. The highest BCUT2D eigenvalue weighted by molar-refractivity contribution is 5.47. The fourth-order valence-electron chi connectivity index (χ4n) is 1.02. The van der Waals surface area contributed by atoms with Crippen LogP contribution in [0.2, 0.25) is 0 Å². The fourth-order valence-corrected chi connectivity index (χ4v) is 1.02. The maximum absolute atomic E-state index is 10.1. The standard InChI is InChI=1S/C4H2N10O4.2H3N.3H2O/c5-1-6-2(10-13(15)16)7-4-8-3(9-12(1)4)11-14(17)18;;;;;/h(H2-2,5,6,7,8,9,10,11);2*1H3;3*1H2/q-2;;;;;/p+2. The third-order valence-electron chi connectivity index (χ3n) is 1.55. The van der Waals surface area contributed by atoms with E-state index < -0.39 is 22.0 Å². The lowest BCUT2D eigenvalue weighted by atomic mass is 10.8. The molecule has 0 aliphatic carbocycles. The summed E-state index contributed by atoms with van der Waals surface area (Å²) in [4.78, 5) is 30.7. The first kappa shape index (κ1) is 27.8. The van der Waals surface area contributed by atoms with Crippen LogP contribution in [0, 0.1) is 20.2 Å². The van der Waals surface area contributed by atoms with Gasteiger partial charge in [0.2, 0.25) is 0 Å². The number of aromatic nitrogens is 5. The van der Waals surface area contributed by atoms with Gasteiger partial charge in [0.05, 0.1) is 5.78 Å². The Morgan fingerprint density at radius 2 is 1.35 bits per heavy atom. The van der Waals surface area contributed by atoms with E-state index in [1.807, 2.05) is 0 Å². The zero-order chi connectivity index (χ0) is 13.3. The molecule has 0 bridgehead atoms. The Hall–Kier alpha value is -3.52. The number of quaternary nitrogens is 2. The van der Waals surface area contributed by atoms with Gasteiger partial charge in [0.15, 0.2) is 0 Å². The number of nitro groups is 2. The van der Waals surface area contributed by atoms with E-state index in [9.17, 15) is 20.2 Å². The number of hydrogen-bond donors (Lipinski definition) is 3. The molecule has 2 rings (SSSR count). The SMILES string of the molecule is Nc1nc([N-][N+](=O)[O-])nc2nc([N-][N+](=O)[O-])nn12.O.O.O.[NH4+].[NH4+]. The normalized spacial score (nSPS) is 8.00.